The predicted octanol–water partition coefficient (Wildman–Crippen LogP) is 2.18. The second-order valence-corrected chi connectivity index (χ2v) is 6.41. The summed E-state index contributed by atoms with van der Waals surface area (Å²) in [6.07, 6.45) is 3.47. The second-order valence-electron chi connectivity index (χ2n) is 6.41. The Morgan fingerprint density at radius 1 is 1.30 bits per heavy atom. The first-order valence-corrected chi connectivity index (χ1v) is 8.16. The van der Waals surface area contributed by atoms with Crippen LogP contribution < -0.4 is 0 Å². The maximum absolute atomic E-state index is 12.7. The summed E-state index contributed by atoms with van der Waals surface area (Å²) in [5, 5.41) is 0. The average Bonchev–Trinajstić information content (AvgIpc) is 3.23. The summed E-state index contributed by atoms with van der Waals surface area (Å²) in [6.45, 7) is 4.84. The lowest BCUT2D eigenvalue weighted by atomic mass is 9.89. The van der Waals surface area contributed by atoms with Gasteiger partial charge in [0, 0.05) is 24.6 Å². The molecule has 1 aromatic carbocycles. The van der Waals surface area contributed by atoms with Crippen molar-refractivity contribution in [3.63, 3.8) is 0 Å². The summed E-state index contributed by atoms with van der Waals surface area (Å²) in [5.41, 5.74) is 2.48. The van der Waals surface area contributed by atoms with Crippen molar-refractivity contribution >= 4 is 16.9 Å². The zero-order valence-electron chi connectivity index (χ0n) is 13.2. The Hall–Kier alpha value is -1.92. The van der Waals surface area contributed by atoms with Crippen LogP contribution in [0.1, 0.15) is 30.1 Å². The van der Waals surface area contributed by atoms with Crippen molar-refractivity contribution in [1.29, 1.82) is 0 Å². The average molecular weight is 315 g/mol. The first kappa shape index (κ1) is 14.7. The molecule has 0 saturated carbocycles. The molecule has 2 saturated heterocycles. The molecule has 2 aromatic rings. The van der Waals surface area contributed by atoms with E-state index in [1.807, 2.05) is 30.0 Å². The third-order valence-electron chi connectivity index (χ3n) is 5.05. The van der Waals surface area contributed by atoms with Gasteiger partial charge in [0.05, 0.1) is 30.6 Å². The molecule has 1 aromatic heterocycles. The molecule has 3 heterocycles. The topological polar surface area (TPSA) is 67.5 Å². The van der Waals surface area contributed by atoms with Gasteiger partial charge in [-0.05, 0) is 38.0 Å². The molecule has 2 fully saturated rings. The van der Waals surface area contributed by atoms with E-state index in [1.54, 1.807) is 6.33 Å². The van der Waals surface area contributed by atoms with E-state index in [1.165, 1.54) is 0 Å². The minimum absolute atomic E-state index is 0.0818. The van der Waals surface area contributed by atoms with Crippen LogP contribution in [0.15, 0.2) is 24.5 Å². The highest BCUT2D eigenvalue weighted by Gasteiger charge is 2.41. The Balaban J connectivity index is 1.44. The number of aromatic nitrogens is 2. The van der Waals surface area contributed by atoms with Crippen LogP contribution >= 0.6 is 0 Å². The quantitative estimate of drug-likeness (QED) is 0.922. The van der Waals surface area contributed by atoms with Gasteiger partial charge in [-0.15, -0.1) is 0 Å². The Morgan fingerprint density at radius 2 is 2.04 bits per heavy atom. The normalized spacial score (nSPS) is 21.9. The highest BCUT2D eigenvalue weighted by Crippen LogP contribution is 2.35. The van der Waals surface area contributed by atoms with Gasteiger partial charge in [0.25, 0.3) is 5.91 Å². The maximum atomic E-state index is 12.7. The third kappa shape index (κ3) is 2.62. The van der Waals surface area contributed by atoms with E-state index in [2.05, 4.69) is 9.97 Å². The number of imidazole rings is 1. The van der Waals surface area contributed by atoms with Gasteiger partial charge in [0.2, 0.25) is 0 Å². The number of hydrogen-bond donors (Lipinski definition) is 1. The summed E-state index contributed by atoms with van der Waals surface area (Å²) < 4.78 is 11.5. The molecule has 0 aliphatic carbocycles. The van der Waals surface area contributed by atoms with Crippen molar-refractivity contribution in [3.05, 3.63) is 30.1 Å². The summed E-state index contributed by atoms with van der Waals surface area (Å²) in [4.78, 5) is 21.9. The van der Waals surface area contributed by atoms with E-state index in [4.69, 9.17) is 9.47 Å². The van der Waals surface area contributed by atoms with E-state index >= 15 is 0 Å². The highest BCUT2D eigenvalue weighted by molar-refractivity contribution is 5.97. The van der Waals surface area contributed by atoms with Crippen LogP contribution in [0.25, 0.3) is 11.0 Å². The number of nitrogens with one attached hydrogen (secondary N) is 1. The molecule has 1 N–H and O–H groups in total. The number of carbonyl (C=O) groups excluding carboxylic acids is 1. The van der Waals surface area contributed by atoms with Crippen molar-refractivity contribution < 1.29 is 14.3 Å². The number of aromatic amines is 1. The summed E-state index contributed by atoms with van der Waals surface area (Å²) in [5.74, 6) is -0.0354. The lowest BCUT2D eigenvalue weighted by molar-refractivity contribution is -0.189. The lowest BCUT2D eigenvalue weighted by Crippen LogP contribution is -2.46. The largest absolute Gasteiger partial charge is 0.348 e. The van der Waals surface area contributed by atoms with Gasteiger partial charge in [0.1, 0.15) is 0 Å². The van der Waals surface area contributed by atoms with Gasteiger partial charge in [-0.2, -0.15) is 0 Å². The van der Waals surface area contributed by atoms with Crippen LogP contribution in [0.4, 0.5) is 0 Å². The van der Waals surface area contributed by atoms with Gasteiger partial charge in [-0.3, -0.25) is 4.79 Å². The minimum Gasteiger partial charge on any atom is -0.348 e. The number of likely N-dealkylation sites (tertiary alicyclic amines) is 1. The van der Waals surface area contributed by atoms with E-state index in [-0.39, 0.29) is 5.91 Å². The van der Waals surface area contributed by atoms with Crippen molar-refractivity contribution in [3.8, 4) is 0 Å². The first-order chi connectivity index (χ1) is 11.2. The number of carbonyl (C=O) groups is 1. The Labute approximate surface area is 134 Å². The fraction of sp³-hybridized carbons (Fsp3) is 0.529. The molecule has 1 amide bonds. The molecule has 6 nitrogen and oxygen atoms in total. The van der Waals surface area contributed by atoms with Crippen molar-refractivity contribution in [2.75, 3.05) is 26.3 Å². The number of ether oxygens (including phenoxy) is 2. The summed E-state index contributed by atoms with van der Waals surface area (Å²) in [6, 6.07) is 5.61. The highest BCUT2D eigenvalue weighted by atomic mass is 16.7. The molecule has 6 heteroatoms. The molecule has 4 rings (SSSR count). The SMILES string of the molecule is CC1(C2CCN(C(=O)c3ccc4nc[nH]c4c3)CC2)OCCO1. The van der Waals surface area contributed by atoms with Crippen LogP contribution in [-0.4, -0.2) is 52.9 Å². The van der Waals surface area contributed by atoms with E-state index in [9.17, 15) is 4.79 Å². The molecule has 0 spiro atoms. The van der Waals surface area contributed by atoms with E-state index in [0.29, 0.717) is 24.7 Å². The van der Waals surface area contributed by atoms with Crippen molar-refractivity contribution in [2.24, 2.45) is 5.92 Å². The monoisotopic (exact) mass is 315 g/mol. The molecular weight excluding hydrogens is 294 g/mol. The molecule has 23 heavy (non-hydrogen) atoms. The molecule has 0 bridgehead atoms. The Bertz CT molecular complexity index is 713. The molecule has 2 aliphatic heterocycles. The fourth-order valence-corrected chi connectivity index (χ4v) is 3.62. The molecule has 0 unspecified atom stereocenters. The molecule has 0 radical (unpaired) electrons. The summed E-state index contributed by atoms with van der Waals surface area (Å²) in [7, 11) is 0. The number of piperidine rings is 1. The standard InChI is InChI=1S/C17H21N3O3/c1-17(22-8-9-23-17)13-4-6-20(7-5-13)16(21)12-2-3-14-15(10-12)19-11-18-14/h2-3,10-11,13H,4-9H2,1H3,(H,18,19). The number of hydrogen-bond acceptors (Lipinski definition) is 4. The van der Waals surface area contributed by atoms with E-state index in [0.717, 1.165) is 37.0 Å². The zero-order valence-corrected chi connectivity index (χ0v) is 13.2. The Kier molecular flexibility index (Phi) is 3.58. The number of fused-ring (bicyclic) bond motifs is 1. The number of H-pyrrole nitrogens is 1. The predicted molar refractivity (Wildman–Crippen MR) is 85.0 cm³/mol. The lowest BCUT2D eigenvalue weighted by Gasteiger charge is -2.39. The van der Waals surface area contributed by atoms with E-state index < -0.39 is 5.79 Å². The van der Waals surface area contributed by atoms with Gasteiger partial charge < -0.3 is 19.4 Å². The van der Waals surface area contributed by atoms with Crippen LogP contribution in [0.3, 0.4) is 0 Å². The number of benzene rings is 1. The second kappa shape index (κ2) is 5.62. The van der Waals surface area contributed by atoms with Crippen molar-refractivity contribution in [1.82, 2.24) is 14.9 Å². The molecule has 0 atom stereocenters. The van der Waals surface area contributed by atoms with Gasteiger partial charge in [-0.1, -0.05) is 0 Å². The molecule has 2 aliphatic rings. The fourth-order valence-electron chi connectivity index (χ4n) is 3.62. The number of nitrogens with zero attached hydrogens (tertiary/aromatic N) is 2. The van der Waals surface area contributed by atoms with Crippen LogP contribution in [-0.2, 0) is 9.47 Å². The van der Waals surface area contributed by atoms with Gasteiger partial charge >= 0.3 is 0 Å². The van der Waals surface area contributed by atoms with Gasteiger partial charge in [-0.25, -0.2) is 4.98 Å². The minimum atomic E-state index is -0.468. The van der Waals surface area contributed by atoms with Crippen LogP contribution in [0.5, 0.6) is 0 Å². The third-order valence-corrected chi connectivity index (χ3v) is 5.05. The number of rotatable bonds is 2. The summed E-state index contributed by atoms with van der Waals surface area (Å²) >= 11 is 0. The zero-order chi connectivity index (χ0) is 15.9. The smallest absolute Gasteiger partial charge is 0.253 e. The van der Waals surface area contributed by atoms with Crippen LogP contribution in [0, 0.1) is 5.92 Å². The van der Waals surface area contributed by atoms with Crippen LogP contribution in [0.2, 0.25) is 0 Å². The van der Waals surface area contributed by atoms with Crippen molar-refractivity contribution in [2.45, 2.75) is 25.6 Å². The Morgan fingerprint density at radius 3 is 2.78 bits per heavy atom. The number of amides is 1. The first-order valence-electron chi connectivity index (χ1n) is 8.16. The molecular formula is C17H21N3O3. The molecule has 122 valence electrons. The maximum Gasteiger partial charge on any atom is 0.253 e. The van der Waals surface area contributed by atoms with Gasteiger partial charge in [0.15, 0.2) is 5.79 Å².